The number of alkyl halides is 7. The third kappa shape index (κ3) is 7.89. The van der Waals surface area contributed by atoms with Gasteiger partial charge in [-0.05, 0) is 17.7 Å². The molecule has 1 fully saturated rings. The number of nitrogens with one attached hydrogen (secondary N) is 1. The maximum Gasteiger partial charge on any atom is 0.461 e. The Balaban J connectivity index is 0.00000338. The second-order valence-electron chi connectivity index (χ2n) is 5.65. The quantitative estimate of drug-likeness (QED) is 0.642. The van der Waals surface area contributed by atoms with Crippen molar-refractivity contribution in [3.63, 3.8) is 0 Å². The van der Waals surface area contributed by atoms with E-state index in [4.69, 9.17) is 0 Å². The van der Waals surface area contributed by atoms with E-state index in [0.29, 0.717) is 26.2 Å². The van der Waals surface area contributed by atoms with E-state index in [1.165, 1.54) is 12.1 Å². The van der Waals surface area contributed by atoms with Crippen molar-refractivity contribution < 1.29 is 35.5 Å². The van der Waals surface area contributed by atoms with E-state index in [0.717, 1.165) is 12.1 Å². The molecule has 27 heavy (non-hydrogen) atoms. The molecule has 3 nitrogen and oxygen atoms in total. The molecule has 0 unspecified atom stereocenters. The first kappa shape index (κ1) is 26.0. The van der Waals surface area contributed by atoms with E-state index in [9.17, 15) is 30.7 Å². The van der Waals surface area contributed by atoms with Crippen molar-refractivity contribution in [2.75, 3.05) is 26.2 Å². The summed E-state index contributed by atoms with van der Waals surface area (Å²) in [5.41, 5.74) is 0.256. The van der Waals surface area contributed by atoms with Crippen LogP contribution in [0.3, 0.4) is 0 Å². The molecule has 0 amide bonds. The summed E-state index contributed by atoms with van der Waals surface area (Å²) in [6.07, 6.45) is -14.2. The number of halogens is 9. The molecule has 0 aromatic heterocycles. The molecule has 1 aromatic rings. The average Bonchev–Trinajstić information content (AvgIpc) is 2.53. The van der Waals surface area contributed by atoms with Crippen LogP contribution in [-0.4, -0.2) is 49.8 Å². The highest BCUT2D eigenvalue weighted by Crippen LogP contribution is 2.35. The summed E-state index contributed by atoms with van der Waals surface area (Å²) in [4.78, 5) is 1.65. The molecule has 1 saturated heterocycles. The molecular weight excluding hydrogens is 428 g/mol. The van der Waals surface area contributed by atoms with Crippen LogP contribution in [0.1, 0.15) is 18.0 Å². The van der Waals surface area contributed by atoms with Gasteiger partial charge in [0.1, 0.15) is 5.75 Å². The van der Waals surface area contributed by atoms with E-state index in [1.807, 2.05) is 0 Å². The van der Waals surface area contributed by atoms with Crippen LogP contribution in [0.4, 0.5) is 30.7 Å². The van der Waals surface area contributed by atoms with Gasteiger partial charge in [-0.2, -0.15) is 30.7 Å². The Morgan fingerprint density at radius 2 is 1.48 bits per heavy atom. The zero-order valence-electron chi connectivity index (χ0n) is 13.8. The van der Waals surface area contributed by atoms with E-state index >= 15 is 0 Å². The predicted molar refractivity (Wildman–Crippen MR) is 90.4 cm³/mol. The minimum absolute atomic E-state index is 0. The van der Waals surface area contributed by atoms with E-state index in [1.54, 1.807) is 4.90 Å². The second kappa shape index (κ2) is 10.5. The van der Waals surface area contributed by atoms with Crippen molar-refractivity contribution in [1.82, 2.24) is 10.2 Å². The summed E-state index contributed by atoms with van der Waals surface area (Å²) in [5, 5.41) is 3.03. The van der Waals surface area contributed by atoms with Crippen LogP contribution in [0.5, 0.6) is 5.75 Å². The van der Waals surface area contributed by atoms with Gasteiger partial charge < -0.3 is 10.1 Å². The summed E-state index contributed by atoms with van der Waals surface area (Å²) < 4.78 is 92.6. The molecule has 0 bridgehead atoms. The van der Waals surface area contributed by atoms with Gasteiger partial charge in [-0.25, -0.2) is 0 Å². The normalized spacial score (nSPS) is 17.0. The smallest absolute Gasteiger partial charge is 0.428 e. The van der Waals surface area contributed by atoms with Gasteiger partial charge in [-0.1, -0.05) is 12.1 Å². The molecule has 0 aliphatic carbocycles. The molecule has 1 atom stereocenters. The summed E-state index contributed by atoms with van der Waals surface area (Å²) >= 11 is 0. The van der Waals surface area contributed by atoms with Crippen molar-refractivity contribution in [3.05, 3.63) is 29.8 Å². The molecule has 1 aliphatic heterocycles. The van der Waals surface area contributed by atoms with Crippen LogP contribution in [0.25, 0.3) is 0 Å². The zero-order valence-corrected chi connectivity index (χ0v) is 15.5. The average molecular weight is 447 g/mol. The van der Waals surface area contributed by atoms with Crippen LogP contribution in [-0.2, 0) is 0 Å². The Kier molecular flexibility index (Phi) is 10.2. The van der Waals surface area contributed by atoms with Gasteiger partial charge in [0.2, 0.25) is 0 Å². The van der Waals surface area contributed by atoms with Gasteiger partial charge in [0.25, 0.3) is 0 Å². The maximum atomic E-state index is 12.9. The number of piperazine rings is 1. The number of nitrogens with zero attached hydrogens (tertiary/aromatic N) is 1. The number of hydrogen-bond acceptors (Lipinski definition) is 3. The summed E-state index contributed by atoms with van der Waals surface area (Å²) in [5.74, 6) is -0.542. The minimum atomic E-state index is -4.66. The fraction of sp³-hybridized carbons (Fsp3) is 0.600. The highest BCUT2D eigenvalue weighted by Gasteiger charge is 2.44. The van der Waals surface area contributed by atoms with Gasteiger partial charge in [0.05, 0.1) is 6.42 Å². The lowest BCUT2D eigenvalue weighted by Crippen LogP contribution is -2.46. The lowest BCUT2D eigenvalue weighted by atomic mass is 10.0. The highest BCUT2D eigenvalue weighted by atomic mass is 35.5. The Hall–Kier alpha value is -0.970. The number of rotatable bonds is 6. The summed E-state index contributed by atoms with van der Waals surface area (Å²) in [7, 11) is 0. The molecule has 1 N–H and O–H groups in total. The Morgan fingerprint density at radius 3 is 1.93 bits per heavy atom. The molecule has 158 valence electrons. The van der Waals surface area contributed by atoms with Crippen molar-refractivity contribution in [2.24, 2.45) is 0 Å². The summed E-state index contributed by atoms with van der Waals surface area (Å²) in [6.45, 7) is 1.89. The molecule has 1 aliphatic rings. The molecule has 12 heteroatoms. The van der Waals surface area contributed by atoms with E-state index in [-0.39, 0.29) is 30.4 Å². The SMILES string of the molecule is Cl.Cl.FC(F)C(F)(F)Oc1ccc([C@H](CC(F)(F)F)N2CCNCC2)cc1. The van der Waals surface area contributed by atoms with Crippen LogP contribution >= 0.6 is 24.8 Å². The Labute approximate surface area is 164 Å². The van der Waals surface area contributed by atoms with Crippen molar-refractivity contribution in [2.45, 2.75) is 31.2 Å². The van der Waals surface area contributed by atoms with Gasteiger partial charge >= 0.3 is 18.7 Å². The minimum Gasteiger partial charge on any atom is -0.428 e. The lowest BCUT2D eigenvalue weighted by Gasteiger charge is -2.35. The largest absolute Gasteiger partial charge is 0.461 e. The second-order valence-corrected chi connectivity index (χ2v) is 5.65. The number of ether oxygens (including phenoxy) is 1. The number of benzene rings is 1. The molecular formula is C15H19Cl2F7N2O. The van der Waals surface area contributed by atoms with Crippen molar-refractivity contribution in [1.29, 1.82) is 0 Å². The Morgan fingerprint density at radius 1 is 0.963 bits per heavy atom. The van der Waals surface area contributed by atoms with E-state index < -0.39 is 36.9 Å². The zero-order chi connectivity index (χ0) is 18.7. The van der Waals surface area contributed by atoms with E-state index in [2.05, 4.69) is 10.1 Å². The topological polar surface area (TPSA) is 24.5 Å². The monoisotopic (exact) mass is 446 g/mol. The lowest BCUT2D eigenvalue weighted by molar-refractivity contribution is -0.253. The number of hydrogen-bond donors (Lipinski definition) is 1. The Bertz CT molecular complexity index is 552. The van der Waals surface area contributed by atoms with Gasteiger partial charge in [-0.3, -0.25) is 4.90 Å². The third-order valence-electron chi connectivity index (χ3n) is 3.79. The van der Waals surface area contributed by atoms with Crippen molar-refractivity contribution in [3.8, 4) is 5.75 Å². The van der Waals surface area contributed by atoms with Crippen LogP contribution in [0.2, 0.25) is 0 Å². The van der Waals surface area contributed by atoms with Gasteiger partial charge in [-0.15, -0.1) is 24.8 Å². The van der Waals surface area contributed by atoms with Crippen LogP contribution in [0, 0.1) is 0 Å². The first-order valence-electron chi connectivity index (χ1n) is 7.55. The fourth-order valence-corrected chi connectivity index (χ4v) is 2.63. The molecule has 2 rings (SSSR count). The molecule has 0 saturated carbocycles. The van der Waals surface area contributed by atoms with Crippen LogP contribution in [0.15, 0.2) is 24.3 Å². The fourth-order valence-electron chi connectivity index (χ4n) is 2.63. The molecule has 0 radical (unpaired) electrons. The van der Waals surface area contributed by atoms with Gasteiger partial charge in [0.15, 0.2) is 0 Å². The van der Waals surface area contributed by atoms with Gasteiger partial charge in [0, 0.05) is 32.2 Å². The first-order valence-corrected chi connectivity index (χ1v) is 7.55. The van der Waals surface area contributed by atoms with Crippen LogP contribution < -0.4 is 10.1 Å². The standard InChI is InChI=1S/C15H17F7N2O.2ClH/c16-13(17)15(21,22)25-11-3-1-10(2-4-11)12(9-14(18,19)20)24-7-5-23-6-8-24;;/h1-4,12-13,23H,5-9H2;2*1H/t12-;;/m0../s1. The van der Waals surface area contributed by atoms with Crippen molar-refractivity contribution >= 4 is 24.8 Å². The first-order chi connectivity index (χ1) is 11.6. The highest BCUT2D eigenvalue weighted by molar-refractivity contribution is 5.85. The maximum absolute atomic E-state index is 12.9. The summed E-state index contributed by atoms with van der Waals surface area (Å²) in [6, 6.07) is 3.34. The molecule has 1 heterocycles. The third-order valence-corrected chi connectivity index (χ3v) is 3.79. The molecule has 0 spiro atoms. The molecule has 1 aromatic carbocycles. The predicted octanol–water partition coefficient (Wildman–Crippen LogP) is 4.67.